The lowest BCUT2D eigenvalue weighted by Crippen LogP contribution is -2.50. The van der Waals surface area contributed by atoms with E-state index in [0.29, 0.717) is 50.4 Å². The first-order valence-corrected chi connectivity index (χ1v) is 12.1. The summed E-state index contributed by atoms with van der Waals surface area (Å²) in [6.45, 7) is 2.23. The van der Waals surface area contributed by atoms with Crippen LogP contribution in [0.4, 0.5) is 0 Å². The van der Waals surface area contributed by atoms with Gasteiger partial charge in [0.05, 0.1) is 25.2 Å². The van der Waals surface area contributed by atoms with Gasteiger partial charge < -0.3 is 20.1 Å². The second-order valence-corrected chi connectivity index (χ2v) is 9.22. The molecule has 0 saturated carbocycles. The van der Waals surface area contributed by atoms with Gasteiger partial charge in [-0.3, -0.25) is 19.1 Å². The van der Waals surface area contributed by atoms with E-state index in [1.54, 1.807) is 11.1 Å². The third-order valence-electron chi connectivity index (χ3n) is 6.94. The number of carbonyl (C=O) groups excluding carboxylic acids is 3. The molecular weight excluding hydrogens is 456 g/mol. The fourth-order valence-corrected chi connectivity index (χ4v) is 5.10. The molecule has 2 aliphatic heterocycles. The van der Waals surface area contributed by atoms with Gasteiger partial charge in [0.2, 0.25) is 5.91 Å². The number of hydrogen-bond donors (Lipinski definition) is 2. The first-order valence-electron chi connectivity index (χ1n) is 12.1. The average Bonchev–Trinajstić information content (AvgIpc) is 3.50. The summed E-state index contributed by atoms with van der Waals surface area (Å²) in [5, 5.41) is 8.38. The summed E-state index contributed by atoms with van der Waals surface area (Å²) < 4.78 is 1.88. The highest BCUT2D eigenvalue weighted by molar-refractivity contribution is 6.07. The summed E-state index contributed by atoms with van der Waals surface area (Å²) in [5.74, 6) is -0.526. The van der Waals surface area contributed by atoms with Crippen molar-refractivity contribution in [2.24, 2.45) is 0 Å². The Kier molecular flexibility index (Phi) is 5.52. The zero-order chi connectivity index (χ0) is 24.6. The lowest BCUT2D eigenvalue weighted by Gasteiger charge is -2.29. The van der Waals surface area contributed by atoms with Gasteiger partial charge in [0.15, 0.2) is 5.69 Å². The number of fused-ring (bicyclic) bond motifs is 2. The van der Waals surface area contributed by atoms with E-state index in [9.17, 15) is 14.4 Å². The van der Waals surface area contributed by atoms with Crippen molar-refractivity contribution in [3.05, 3.63) is 88.9 Å². The molecule has 0 atom stereocenters. The van der Waals surface area contributed by atoms with Gasteiger partial charge in [-0.15, -0.1) is 0 Å². The molecule has 6 rings (SSSR count). The van der Waals surface area contributed by atoms with Gasteiger partial charge in [-0.2, -0.15) is 5.10 Å². The number of nitrogens with one attached hydrogen (secondary N) is 2. The summed E-state index contributed by atoms with van der Waals surface area (Å²) >= 11 is 0. The third kappa shape index (κ3) is 3.92. The Morgan fingerprint density at radius 1 is 0.917 bits per heavy atom. The molecule has 0 spiro atoms. The topological polar surface area (TPSA) is 103 Å². The fourth-order valence-electron chi connectivity index (χ4n) is 5.10. The van der Waals surface area contributed by atoms with E-state index in [0.717, 1.165) is 27.7 Å². The summed E-state index contributed by atoms with van der Waals surface area (Å²) in [6, 6.07) is 17.7. The molecule has 0 unspecified atom stereocenters. The second kappa shape index (κ2) is 8.99. The second-order valence-electron chi connectivity index (χ2n) is 9.22. The Morgan fingerprint density at radius 2 is 1.69 bits per heavy atom. The predicted octanol–water partition coefficient (Wildman–Crippen LogP) is 2.18. The van der Waals surface area contributed by atoms with Crippen molar-refractivity contribution in [3.8, 4) is 0 Å². The number of aromatic nitrogens is 3. The van der Waals surface area contributed by atoms with E-state index >= 15 is 0 Å². The molecule has 0 bridgehead atoms. The average molecular weight is 483 g/mol. The maximum absolute atomic E-state index is 13.5. The zero-order valence-corrected chi connectivity index (χ0v) is 19.7. The largest absolute Gasteiger partial charge is 0.360 e. The summed E-state index contributed by atoms with van der Waals surface area (Å²) in [7, 11) is 0. The zero-order valence-electron chi connectivity index (χ0n) is 19.7. The molecule has 9 heteroatoms. The van der Waals surface area contributed by atoms with E-state index < -0.39 is 0 Å². The Labute approximate surface area is 207 Å². The molecule has 4 heterocycles. The summed E-state index contributed by atoms with van der Waals surface area (Å²) in [4.78, 5) is 45.5. The SMILES string of the molecule is O=C1CN(C(=O)c2nn(Cc3ccccc3)c3c2CN(C(=O)c2c[nH]c4ccccc24)CC3)CCN1. The first-order chi connectivity index (χ1) is 17.6. The van der Waals surface area contributed by atoms with Crippen molar-refractivity contribution in [3.63, 3.8) is 0 Å². The maximum atomic E-state index is 13.5. The van der Waals surface area contributed by atoms with E-state index in [1.165, 1.54) is 4.90 Å². The normalized spacial score (nSPS) is 15.6. The molecule has 2 aromatic heterocycles. The summed E-state index contributed by atoms with van der Waals surface area (Å²) in [6.07, 6.45) is 2.34. The van der Waals surface area contributed by atoms with Crippen LogP contribution in [0.2, 0.25) is 0 Å². The molecule has 36 heavy (non-hydrogen) atoms. The van der Waals surface area contributed by atoms with Crippen LogP contribution in [0.5, 0.6) is 0 Å². The summed E-state index contributed by atoms with van der Waals surface area (Å²) in [5.41, 5.74) is 4.66. The van der Waals surface area contributed by atoms with Crippen molar-refractivity contribution in [2.75, 3.05) is 26.2 Å². The number of H-pyrrole nitrogens is 1. The molecule has 2 N–H and O–H groups in total. The molecule has 3 amide bonds. The van der Waals surface area contributed by atoms with Crippen LogP contribution < -0.4 is 5.32 Å². The minimum Gasteiger partial charge on any atom is -0.360 e. The molecule has 4 aromatic rings. The molecule has 1 fully saturated rings. The molecule has 182 valence electrons. The van der Waals surface area contributed by atoms with Crippen LogP contribution in [0.25, 0.3) is 10.9 Å². The Hall–Kier alpha value is -4.40. The van der Waals surface area contributed by atoms with Gasteiger partial charge in [0.1, 0.15) is 0 Å². The van der Waals surface area contributed by atoms with E-state index in [-0.39, 0.29) is 24.3 Å². The van der Waals surface area contributed by atoms with Gasteiger partial charge in [0, 0.05) is 54.4 Å². The van der Waals surface area contributed by atoms with Crippen molar-refractivity contribution in [1.29, 1.82) is 0 Å². The van der Waals surface area contributed by atoms with E-state index in [4.69, 9.17) is 5.10 Å². The number of nitrogens with zero attached hydrogens (tertiary/aromatic N) is 4. The highest BCUT2D eigenvalue weighted by Crippen LogP contribution is 2.28. The lowest BCUT2D eigenvalue weighted by atomic mass is 10.0. The van der Waals surface area contributed by atoms with Crippen LogP contribution in [-0.4, -0.2) is 68.5 Å². The van der Waals surface area contributed by atoms with Gasteiger partial charge in [-0.1, -0.05) is 48.5 Å². The van der Waals surface area contributed by atoms with Gasteiger partial charge >= 0.3 is 0 Å². The van der Waals surface area contributed by atoms with Crippen molar-refractivity contribution in [1.82, 2.24) is 29.9 Å². The number of para-hydroxylation sites is 1. The third-order valence-corrected chi connectivity index (χ3v) is 6.94. The van der Waals surface area contributed by atoms with Crippen LogP contribution >= 0.6 is 0 Å². The minimum absolute atomic E-state index is 0.0110. The number of hydrogen-bond acceptors (Lipinski definition) is 4. The molecule has 2 aromatic carbocycles. The number of piperazine rings is 1. The van der Waals surface area contributed by atoms with E-state index in [1.807, 2.05) is 59.3 Å². The Bertz CT molecular complexity index is 1470. The van der Waals surface area contributed by atoms with Crippen molar-refractivity contribution < 1.29 is 14.4 Å². The monoisotopic (exact) mass is 482 g/mol. The van der Waals surface area contributed by atoms with Gasteiger partial charge in [-0.25, -0.2) is 0 Å². The molecule has 0 aliphatic carbocycles. The lowest BCUT2D eigenvalue weighted by molar-refractivity contribution is -0.123. The number of amides is 3. The first kappa shape index (κ1) is 22.1. The maximum Gasteiger partial charge on any atom is 0.275 e. The van der Waals surface area contributed by atoms with Gasteiger partial charge in [-0.05, 0) is 11.6 Å². The molecular formula is C27H26N6O3. The molecule has 2 aliphatic rings. The van der Waals surface area contributed by atoms with Crippen LogP contribution in [0, 0.1) is 0 Å². The quantitative estimate of drug-likeness (QED) is 0.465. The number of benzene rings is 2. The van der Waals surface area contributed by atoms with Crippen molar-refractivity contribution in [2.45, 2.75) is 19.5 Å². The van der Waals surface area contributed by atoms with E-state index in [2.05, 4.69) is 10.3 Å². The standard InChI is InChI=1S/C27H26N6O3/c34-24-17-32(13-11-28-24)27(36)25-21-16-31(26(35)20-14-29-22-9-5-4-8-19(20)22)12-10-23(21)33(30-25)15-18-6-2-1-3-7-18/h1-9,14,29H,10-13,15-17H2,(H,28,34). The van der Waals surface area contributed by atoms with Gasteiger partial charge in [0.25, 0.3) is 11.8 Å². The smallest absolute Gasteiger partial charge is 0.275 e. The minimum atomic E-state index is -0.269. The highest BCUT2D eigenvalue weighted by Gasteiger charge is 2.34. The molecule has 0 radical (unpaired) electrons. The fraction of sp³-hybridized carbons (Fsp3) is 0.259. The highest BCUT2D eigenvalue weighted by atomic mass is 16.2. The Morgan fingerprint density at radius 3 is 2.53 bits per heavy atom. The van der Waals surface area contributed by atoms with Crippen LogP contribution in [0.15, 0.2) is 60.8 Å². The Balaban J connectivity index is 1.35. The number of carbonyl (C=O) groups is 3. The number of aromatic amines is 1. The molecule has 1 saturated heterocycles. The van der Waals surface area contributed by atoms with Crippen molar-refractivity contribution >= 4 is 28.6 Å². The number of rotatable bonds is 4. The predicted molar refractivity (Wildman–Crippen MR) is 133 cm³/mol. The van der Waals surface area contributed by atoms with Crippen LogP contribution in [-0.2, 0) is 24.3 Å². The van der Waals surface area contributed by atoms with Crippen LogP contribution in [0.3, 0.4) is 0 Å². The molecule has 9 nitrogen and oxygen atoms in total. The van der Waals surface area contributed by atoms with Crippen LogP contribution in [0.1, 0.15) is 37.7 Å².